The number of hydrogen-bond donors (Lipinski definition) is 1. The highest BCUT2D eigenvalue weighted by atomic mass is 19.1. The summed E-state index contributed by atoms with van der Waals surface area (Å²) in [5.74, 6) is 0.712. The molecule has 2 rings (SSSR count). The summed E-state index contributed by atoms with van der Waals surface area (Å²) in [6.45, 7) is 6.08. The third-order valence-electron chi connectivity index (χ3n) is 4.27. The maximum atomic E-state index is 13.3. The van der Waals surface area contributed by atoms with Crippen LogP contribution in [-0.2, 0) is 0 Å². The molecule has 20 heavy (non-hydrogen) atoms. The third-order valence-corrected chi connectivity index (χ3v) is 4.27. The molecule has 0 atom stereocenters. The van der Waals surface area contributed by atoms with Crippen LogP contribution in [0.3, 0.4) is 0 Å². The Balaban J connectivity index is 1.71. The average molecular weight is 278 g/mol. The normalized spacial score (nSPS) is 16.3. The molecule has 1 aliphatic carbocycles. The van der Waals surface area contributed by atoms with Crippen molar-refractivity contribution in [1.82, 2.24) is 5.32 Å². The number of likely N-dealkylation sites (N-methyl/N-ethyl adjacent to an activating group) is 1. The van der Waals surface area contributed by atoms with Gasteiger partial charge < -0.3 is 10.2 Å². The van der Waals surface area contributed by atoms with Gasteiger partial charge in [0.25, 0.3) is 0 Å². The number of hydrogen-bond acceptors (Lipinski definition) is 2. The zero-order valence-corrected chi connectivity index (χ0v) is 12.6. The molecule has 1 fully saturated rings. The fraction of sp³-hybridized carbons (Fsp3) is 0.647. The first kappa shape index (κ1) is 15.3. The van der Waals surface area contributed by atoms with E-state index in [1.165, 1.54) is 38.2 Å². The van der Waals surface area contributed by atoms with Gasteiger partial charge in [0.15, 0.2) is 0 Å². The van der Waals surface area contributed by atoms with Gasteiger partial charge in [-0.1, -0.05) is 25.3 Å². The van der Waals surface area contributed by atoms with Crippen molar-refractivity contribution in [2.45, 2.75) is 39.0 Å². The van der Waals surface area contributed by atoms with E-state index in [4.69, 9.17) is 0 Å². The molecule has 1 aromatic carbocycles. The summed E-state index contributed by atoms with van der Waals surface area (Å²) in [5.41, 5.74) is 0.979. The molecule has 0 aromatic heterocycles. The lowest BCUT2D eigenvalue weighted by Gasteiger charge is -2.25. The van der Waals surface area contributed by atoms with Crippen molar-refractivity contribution in [1.29, 1.82) is 0 Å². The van der Waals surface area contributed by atoms with E-state index in [1.54, 1.807) is 12.1 Å². The van der Waals surface area contributed by atoms with Gasteiger partial charge in [0.1, 0.15) is 5.82 Å². The molecule has 0 saturated heterocycles. The summed E-state index contributed by atoms with van der Waals surface area (Å²) in [6.07, 6.45) is 6.98. The number of rotatable bonds is 7. The summed E-state index contributed by atoms with van der Waals surface area (Å²) in [6, 6.07) is 6.87. The molecule has 0 aliphatic heterocycles. The minimum atomic E-state index is -0.156. The molecule has 0 amide bonds. The minimum Gasteiger partial charge on any atom is -0.370 e. The number of benzene rings is 1. The fourth-order valence-corrected chi connectivity index (χ4v) is 3.05. The Kier molecular flexibility index (Phi) is 6.31. The van der Waals surface area contributed by atoms with E-state index in [-0.39, 0.29) is 5.82 Å². The highest BCUT2D eigenvalue weighted by Crippen LogP contribution is 2.22. The largest absolute Gasteiger partial charge is 0.370 e. The van der Waals surface area contributed by atoms with Gasteiger partial charge >= 0.3 is 0 Å². The summed E-state index contributed by atoms with van der Waals surface area (Å²) in [4.78, 5) is 2.22. The molecule has 1 aliphatic rings. The van der Waals surface area contributed by atoms with Crippen LogP contribution in [0.2, 0.25) is 0 Å². The van der Waals surface area contributed by atoms with Crippen molar-refractivity contribution in [2.75, 3.05) is 31.1 Å². The van der Waals surface area contributed by atoms with Gasteiger partial charge in [0, 0.05) is 25.3 Å². The Morgan fingerprint density at radius 1 is 1.25 bits per heavy atom. The molecule has 2 nitrogen and oxygen atoms in total. The van der Waals surface area contributed by atoms with Crippen molar-refractivity contribution in [3.05, 3.63) is 30.1 Å². The predicted octanol–water partition coefficient (Wildman–Crippen LogP) is 3.82. The van der Waals surface area contributed by atoms with Crippen molar-refractivity contribution < 1.29 is 4.39 Å². The second-order valence-electron chi connectivity index (χ2n) is 5.77. The van der Waals surface area contributed by atoms with Crippen molar-refractivity contribution in [2.24, 2.45) is 5.92 Å². The van der Waals surface area contributed by atoms with Crippen molar-refractivity contribution in [3.8, 4) is 0 Å². The number of halogens is 1. The van der Waals surface area contributed by atoms with E-state index in [0.717, 1.165) is 37.8 Å². The molecule has 0 radical (unpaired) electrons. The topological polar surface area (TPSA) is 15.3 Å². The second-order valence-corrected chi connectivity index (χ2v) is 5.77. The maximum absolute atomic E-state index is 13.3. The van der Waals surface area contributed by atoms with Crippen molar-refractivity contribution in [3.63, 3.8) is 0 Å². The monoisotopic (exact) mass is 278 g/mol. The van der Waals surface area contributed by atoms with Crippen LogP contribution in [0, 0.1) is 11.7 Å². The Morgan fingerprint density at radius 3 is 2.75 bits per heavy atom. The minimum absolute atomic E-state index is 0.156. The van der Waals surface area contributed by atoms with Crippen LogP contribution in [0.4, 0.5) is 10.1 Å². The third kappa shape index (κ3) is 4.78. The molecule has 1 saturated carbocycles. The smallest absolute Gasteiger partial charge is 0.125 e. The van der Waals surface area contributed by atoms with E-state index >= 15 is 0 Å². The molecule has 112 valence electrons. The van der Waals surface area contributed by atoms with Crippen LogP contribution in [0.15, 0.2) is 24.3 Å². The molecule has 0 heterocycles. The standard InChI is InChI=1S/C17H27FN2/c1-2-20(17-10-6-9-16(18)13-17)12-11-19-14-15-7-4-3-5-8-15/h6,9-10,13,15,19H,2-5,7-8,11-12,14H2,1H3. The SMILES string of the molecule is CCN(CCNCC1CCCCC1)c1cccc(F)c1. The second kappa shape index (κ2) is 8.25. The number of nitrogens with one attached hydrogen (secondary N) is 1. The van der Waals surface area contributed by atoms with E-state index in [1.807, 2.05) is 6.07 Å². The van der Waals surface area contributed by atoms with Gasteiger partial charge in [-0.2, -0.15) is 0 Å². The quantitative estimate of drug-likeness (QED) is 0.763. The summed E-state index contributed by atoms with van der Waals surface area (Å²) in [5, 5.41) is 3.57. The predicted molar refractivity (Wildman–Crippen MR) is 83.7 cm³/mol. The molecule has 1 aromatic rings. The first-order valence-corrected chi connectivity index (χ1v) is 8.01. The number of nitrogens with zero attached hydrogens (tertiary/aromatic N) is 1. The van der Waals surface area contributed by atoms with Gasteiger partial charge in [-0.3, -0.25) is 0 Å². The van der Waals surface area contributed by atoms with E-state index in [0.29, 0.717) is 0 Å². The van der Waals surface area contributed by atoms with Gasteiger partial charge in [0.2, 0.25) is 0 Å². The summed E-state index contributed by atoms with van der Waals surface area (Å²) >= 11 is 0. The lowest BCUT2D eigenvalue weighted by atomic mass is 9.89. The first-order valence-electron chi connectivity index (χ1n) is 8.01. The molecular formula is C17H27FN2. The van der Waals surface area contributed by atoms with Crippen LogP contribution in [0.1, 0.15) is 39.0 Å². The van der Waals surface area contributed by atoms with Crippen LogP contribution in [-0.4, -0.2) is 26.2 Å². The highest BCUT2D eigenvalue weighted by molar-refractivity contribution is 5.46. The zero-order chi connectivity index (χ0) is 14.2. The van der Waals surface area contributed by atoms with Gasteiger partial charge in [-0.15, -0.1) is 0 Å². The molecule has 0 bridgehead atoms. The summed E-state index contributed by atoms with van der Waals surface area (Å²) < 4.78 is 13.3. The fourth-order valence-electron chi connectivity index (χ4n) is 3.05. The number of anilines is 1. The maximum Gasteiger partial charge on any atom is 0.125 e. The lowest BCUT2D eigenvalue weighted by molar-refractivity contribution is 0.343. The molecule has 0 unspecified atom stereocenters. The zero-order valence-electron chi connectivity index (χ0n) is 12.6. The Labute approximate surface area is 122 Å². The van der Waals surface area contributed by atoms with E-state index in [2.05, 4.69) is 17.1 Å². The highest BCUT2D eigenvalue weighted by Gasteiger charge is 2.12. The molecule has 3 heteroatoms. The average Bonchev–Trinajstić information content (AvgIpc) is 2.48. The Hall–Kier alpha value is -1.09. The molecule has 0 spiro atoms. The van der Waals surface area contributed by atoms with Crippen LogP contribution in [0.5, 0.6) is 0 Å². The van der Waals surface area contributed by atoms with Gasteiger partial charge in [0.05, 0.1) is 0 Å². The van der Waals surface area contributed by atoms with Crippen LogP contribution < -0.4 is 10.2 Å². The lowest BCUT2D eigenvalue weighted by Crippen LogP contribution is -2.34. The van der Waals surface area contributed by atoms with E-state index in [9.17, 15) is 4.39 Å². The van der Waals surface area contributed by atoms with E-state index < -0.39 is 0 Å². The van der Waals surface area contributed by atoms with Crippen molar-refractivity contribution >= 4 is 5.69 Å². The van der Waals surface area contributed by atoms with Crippen LogP contribution >= 0.6 is 0 Å². The molecular weight excluding hydrogens is 251 g/mol. The van der Waals surface area contributed by atoms with Gasteiger partial charge in [-0.25, -0.2) is 4.39 Å². The Bertz CT molecular complexity index is 388. The van der Waals surface area contributed by atoms with Crippen LogP contribution in [0.25, 0.3) is 0 Å². The molecule has 1 N–H and O–H groups in total. The summed E-state index contributed by atoms with van der Waals surface area (Å²) in [7, 11) is 0. The Morgan fingerprint density at radius 2 is 2.05 bits per heavy atom. The first-order chi connectivity index (χ1) is 9.79. The van der Waals surface area contributed by atoms with Gasteiger partial charge in [-0.05, 0) is 50.4 Å².